The summed E-state index contributed by atoms with van der Waals surface area (Å²) in [6.45, 7) is 10.4. The molecule has 1 amide bonds. The molecule has 1 aliphatic rings. The zero-order valence-electron chi connectivity index (χ0n) is 15.5. The molecule has 0 aromatic rings. The van der Waals surface area contributed by atoms with Gasteiger partial charge >= 0.3 is 34.4 Å². The van der Waals surface area contributed by atoms with Crippen molar-refractivity contribution in [2.45, 2.75) is 70.5 Å². The molecule has 1 fully saturated rings. The minimum Gasteiger partial charge on any atom is -0.861 e. The molecule has 148 valence electrons. The number of hydrogen-bond acceptors (Lipinski definition) is 7. The first-order valence-electron chi connectivity index (χ1n) is 7.89. The largest absolute Gasteiger partial charge is 1.00 e. The molecule has 7 nitrogen and oxygen atoms in total. The van der Waals surface area contributed by atoms with E-state index in [4.69, 9.17) is 9.47 Å². The third-order valence-electron chi connectivity index (χ3n) is 2.98. The molecule has 0 aromatic carbocycles. The van der Waals surface area contributed by atoms with Gasteiger partial charge in [0.2, 0.25) is 0 Å². The zero-order valence-corrected chi connectivity index (χ0v) is 18.5. The van der Waals surface area contributed by atoms with E-state index < -0.39 is 35.2 Å². The summed E-state index contributed by atoms with van der Waals surface area (Å²) in [5, 5.41) is 12.1. The average molecular weight is 556 g/mol. The fourth-order valence-electron chi connectivity index (χ4n) is 2.19. The maximum Gasteiger partial charge on any atom is 1.00 e. The molecular weight excluding hydrogens is 529 g/mol. The number of esters is 1. The number of hydrogen-bond donors (Lipinski definition) is 1. The molecule has 0 radical (unpaired) electrons. The zero-order chi connectivity index (χ0) is 18.7. The van der Waals surface area contributed by atoms with E-state index in [0.717, 1.165) is 0 Å². The Kier molecular flexibility index (Phi) is 9.04. The Hall–Kier alpha value is -0.700. The average Bonchev–Trinajstić information content (AvgIpc) is 2.74. The van der Waals surface area contributed by atoms with E-state index in [1.54, 1.807) is 41.5 Å². The molecule has 1 saturated heterocycles. The predicted octanol–water partition coefficient (Wildman–Crippen LogP) is 1.39. The maximum absolute atomic E-state index is 12.3. The van der Waals surface area contributed by atoms with Crippen LogP contribution in [0.5, 0.6) is 0 Å². The van der Waals surface area contributed by atoms with Gasteiger partial charge in [-0.15, -0.1) is 0 Å². The van der Waals surface area contributed by atoms with Crippen molar-refractivity contribution in [2.24, 2.45) is 4.99 Å². The van der Waals surface area contributed by atoms with Crippen LogP contribution >= 0.6 is 12.6 Å². The van der Waals surface area contributed by atoms with Crippen LogP contribution < -0.4 is 5.11 Å². The topological polar surface area (TPSA) is 91.3 Å². The maximum atomic E-state index is 12.3. The molecule has 0 aliphatic carbocycles. The minimum absolute atomic E-state index is 0. The summed E-state index contributed by atoms with van der Waals surface area (Å²) in [6.07, 6.45) is -0.205. The van der Waals surface area contributed by atoms with E-state index in [2.05, 4.69) is 17.6 Å². The summed E-state index contributed by atoms with van der Waals surface area (Å²) in [6, 6.07) is -0.759. The van der Waals surface area contributed by atoms with Gasteiger partial charge in [-0.3, -0.25) is 14.7 Å². The van der Waals surface area contributed by atoms with Crippen LogP contribution in [0.3, 0.4) is 0 Å². The molecule has 1 aliphatic heterocycles. The quantitative estimate of drug-likeness (QED) is 0.187. The first-order chi connectivity index (χ1) is 10.8. The van der Waals surface area contributed by atoms with E-state index in [1.807, 2.05) is 0 Å². The van der Waals surface area contributed by atoms with Crippen molar-refractivity contribution in [1.29, 1.82) is 0 Å². The van der Waals surface area contributed by atoms with Crippen molar-refractivity contribution in [1.82, 2.24) is 4.90 Å². The number of rotatable bonds is 3. The summed E-state index contributed by atoms with van der Waals surface area (Å²) < 4.78 is 10.4. The van der Waals surface area contributed by atoms with E-state index >= 15 is 0 Å². The normalized spacial score (nSPS) is 21.6. The van der Waals surface area contributed by atoms with Gasteiger partial charge in [-0.1, -0.05) is 0 Å². The van der Waals surface area contributed by atoms with Crippen LogP contribution in [0.2, 0.25) is 0 Å². The van der Waals surface area contributed by atoms with Gasteiger partial charge in [-0.05, 0) is 53.9 Å². The summed E-state index contributed by atoms with van der Waals surface area (Å²) >= 11 is 4.34. The van der Waals surface area contributed by atoms with Crippen LogP contribution in [0.25, 0.3) is 0 Å². The van der Waals surface area contributed by atoms with Crippen LogP contribution in [0, 0.1) is 0 Å². The monoisotopic (exact) mass is 556 g/mol. The van der Waals surface area contributed by atoms with Gasteiger partial charge in [0.25, 0.3) is 0 Å². The number of amides is 1. The van der Waals surface area contributed by atoms with Crippen LogP contribution in [0.4, 0.5) is 4.79 Å². The van der Waals surface area contributed by atoms with E-state index in [9.17, 15) is 14.7 Å². The van der Waals surface area contributed by atoms with Gasteiger partial charge in [-0.25, -0.2) is 4.79 Å². The Morgan fingerprint density at radius 2 is 1.68 bits per heavy atom. The van der Waals surface area contributed by atoms with E-state index in [0.29, 0.717) is 13.0 Å². The van der Waals surface area contributed by atoms with Gasteiger partial charge in [0.15, 0.2) is 0 Å². The van der Waals surface area contributed by atoms with Crippen molar-refractivity contribution in [2.75, 3.05) is 13.1 Å². The molecule has 25 heavy (non-hydrogen) atoms. The number of nitrogens with zero attached hydrogens (tertiary/aromatic N) is 2. The Balaban J connectivity index is 0.00000576. The Morgan fingerprint density at radius 1 is 1.16 bits per heavy atom. The second kappa shape index (κ2) is 9.30. The molecule has 0 N–H and O–H groups in total. The van der Waals surface area contributed by atoms with Crippen LogP contribution in [0.1, 0.15) is 48.0 Å². The van der Waals surface area contributed by atoms with Crippen molar-refractivity contribution in [3.05, 3.63) is 0 Å². The molecule has 2 atom stereocenters. The summed E-state index contributed by atoms with van der Waals surface area (Å²) in [5.41, 5.74) is -1.30. The van der Waals surface area contributed by atoms with Gasteiger partial charge in [0.1, 0.15) is 17.7 Å². The number of carbonyl (C=O) groups is 2. The molecular formula is C16H27AuN2O5S. The Bertz CT molecular complexity index is 514. The summed E-state index contributed by atoms with van der Waals surface area (Å²) in [7, 11) is 0. The standard InChI is InChI=1S/C16H28N2O5S.Au/c1-15(2,3)22-12(19)8-17-13(20)11-7-10(24)9-18(11)14(21)23-16(4,5)6;/h10-11,24H,7-9H2,1-6H3,(H,17,20);/q;+1/p-1/t10-,11-;/m0./s1. The van der Waals surface area contributed by atoms with Crippen molar-refractivity contribution in [3.8, 4) is 0 Å². The van der Waals surface area contributed by atoms with Crippen LogP contribution in [-0.4, -0.2) is 58.4 Å². The molecule has 1 heterocycles. The third kappa shape index (κ3) is 8.99. The number of carbonyl (C=O) groups excluding carboxylic acids is 2. The predicted molar refractivity (Wildman–Crippen MR) is 92.3 cm³/mol. The fourth-order valence-corrected chi connectivity index (χ4v) is 2.57. The molecule has 0 saturated carbocycles. The number of ether oxygens (including phenoxy) is 2. The van der Waals surface area contributed by atoms with Gasteiger partial charge < -0.3 is 14.6 Å². The molecule has 0 aromatic heterocycles. The summed E-state index contributed by atoms with van der Waals surface area (Å²) in [5.74, 6) is -1.12. The van der Waals surface area contributed by atoms with Crippen LogP contribution in [0.15, 0.2) is 4.99 Å². The smallest absolute Gasteiger partial charge is 0.861 e. The summed E-state index contributed by atoms with van der Waals surface area (Å²) in [4.78, 5) is 29.0. The SMILES string of the molecule is CC(C)(C)OC(=O)CN=C([O-])[C@@H]1C[C@H](S)CN1C(=O)OC(C)(C)C.[Au+]. The molecule has 0 bridgehead atoms. The van der Waals surface area contributed by atoms with Crippen molar-refractivity contribution in [3.63, 3.8) is 0 Å². The molecule has 0 unspecified atom stereocenters. The van der Waals surface area contributed by atoms with Gasteiger partial charge in [-0.2, -0.15) is 12.6 Å². The Labute approximate surface area is 170 Å². The minimum atomic E-state index is -0.759. The number of aliphatic imine (C=N–C) groups is 1. The van der Waals surface area contributed by atoms with Gasteiger partial charge in [0, 0.05) is 11.8 Å². The first kappa shape index (κ1) is 24.3. The molecule has 1 rings (SSSR count). The fraction of sp³-hybridized carbons (Fsp3) is 0.812. The van der Waals surface area contributed by atoms with Crippen molar-refractivity contribution < 1.29 is 46.5 Å². The number of thiol groups is 1. The third-order valence-corrected chi connectivity index (χ3v) is 3.35. The van der Waals surface area contributed by atoms with E-state index in [-0.39, 0.29) is 34.2 Å². The van der Waals surface area contributed by atoms with Crippen LogP contribution in [-0.2, 0) is 36.6 Å². The van der Waals surface area contributed by atoms with Crippen molar-refractivity contribution >= 4 is 30.6 Å². The number of likely N-dealkylation sites (tertiary alicyclic amines) is 1. The first-order valence-corrected chi connectivity index (χ1v) is 8.41. The van der Waals surface area contributed by atoms with E-state index in [1.165, 1.54) is 4.90 Å². The molecule has 9 heteroatoms. The second-order valence-corrected chi connectivity index (χ2v) is 8.51. The van der Waals surface area contributed by atoms with Gasteiger partial charge in [0.05, 0.1) is 6.04 Å². The Morgan fingerprint density at radius 3 is 2.16 bits per heavy atom. The second-order valence-electron chi connectivity index (χ2n) is 7.78. The molecule has 0 spiro atoms.